The molecule has 4 nitrogen and oxygen atoms in total. The number of hydrogen-bond donors (Lipinski definition) is 0. The van der Waals surface area contributed by atoms with Gasteiger partial charge in [-0.15, -0.1) is 0 Å². The monoisotopic (exact) mass is 257 g/mol. The summed E-state index contributed by atoms with van der Waals surface area (Å²) in [5.74, 6) is 1.24. The van der Waals surface area contributed by atoms with Gasteiger partial charge in [0.2, 0.25) is 11.8 Å². The molecule has 0 aliphatic carbocycles. The zero-order valence-electron chi connectivity index (χ0n) is 11.8. The van der Waals surface area contributed by atoms with Gasteiger partial charge in [-0.2, -0.15) is 4.98 Å². The van der Waals surface area contributed by atoms with E-state index in [9.17, 15) is 0 Å². The van der Waals surface area contributed by atoms with Gasteiger partial charge >= 0.3 is 0 Å². The molecule has 1 atom stereocenters. The van der Waals surface area contributed by atoms with Gasteiger partial charge in [0.05, 0.1) is 13.2 Å². The zero-order valence-corrected chi connectivity index (χ0v) is 11.8. The number of rotatable bonds is 4. The van der Waals surface area contributed by atoms with Crippen LogP contribution in [-0.2, 0) is 0 Å². The van der Waals surface area contributed by atoms with Crippen LogP contribution in [0.15, 0.2) is 36.5 Å². The second-order valence-electron chi connectivity index (χ2n) is 4.60. The molecule has 0 spiro atoms. The first kappa shape index (κ1) is 13.3. The first-order valence-electron chi connectivity index (χ1n) is 6.28. The van der Waals surface area contributed by atoms with Crippen molar-refractivity contribution in [3.05, 3.63) is 47.7 Å². The highest BCUT2D eigenvalue weighted by Crippen LogP contribution is 2.23. The van der Waals surface area contributed by atoms with Gasteiger partial charge in [0.25, 0.3) is 0 Å². The fraction of sp³-hybridized carbons (Fsp3) is 0.333. The van der Waals surface area contributed by atoms with E-state index >= 15 is 0 Å². The molecule has 1 unspecified atom stereocenters. The molecule has 0 saturated carbocycles. The number of anilines is 1. The van der Waals surface area contributed by atoms with Gasteiger partial charge in [-0.05, 0) is 19.4 Å². The van der Waals surface area contributed by atoms with Gasteiger partial charge in [0.1, 0.15) is 0 Å². The van der Waals surface area contributed by atoms with Crippen LogP contribution in [0, 0.1) is 6.92 Å². The second-order valence-corrected chi connectivity index (χ2v) is 4.60. The Morgan fingerprint density at radius 2 is 1.84 bits per heavy atom. The first-order chi connectivity index (χ1) is 9.11. The first-order valence-corrected chi connectivity index (χ1v) is 6.28. The standard InChI is InChI=1S/C15H19N3O/c1-11-5-7-13(8-6-11)12(2)18(3)15-16-10-9-14(17-15)19-4/h5-10,12H,1-4H3. The summed E-state index contributed by atoms with van der Waals surface area (Å²) >= 11 is 0. The van der Waals surface area contributed by atoms with Crippen molar-refractivity contribution < 1.29 is 4.74 Å². The van der Waals surface area contributed by atoms with Crippen molar-refractivity contribution >= 4 is 5.95 Å². The van der Waals surface area contributed by atoms with Crippen LogP contribution in [0.1, 0.15) is 24.1 Å². The Labute approximate surface area is 114 Å². The van der Waals surface area contributed by atoms with Crippen LogP contribution in [0.5, 0.6) is 5.88 Å². The highest BCUT2D eigenvalue weighted by atomic mass is 16.5. The van der Waals surface area contributed by atoms with E-state index in [0.717, 1.165) is 0 Å². The molecule has 0 N–H and O–H groups in total. The molecule has 0 bridgehead atoms. The minimum Gasteiger partial charge on any atom is -0.481 e. The Morgan fingerprint density at radius 3 is 2.47 bits per heavy atom. The molecule has 0 fully saturated rings. The average molecular weight is 257 g/mol. The van der Waals surface area contributed by atoms with Gasteiger partial charge in [-0.25, -0.2) is 4.98 Å². The van der Waals surface area contributed by atoms with Crippen LogP contribution in [-0.4, -0.2) is 24.1 Å². The van der Waals surface area contributed by atoms with E-state index in [2.05, 4.69) is 48.1 Å². The Kier molecular flexibility index (Phi) is 4.00. The molecule has 100 valence electrons. The lowest BCUT2D eigenvalue weighted by molar-refractivity contribution is 0.396. The highest BCUT2D eigenvalue weighted by molar-refractivity contribution is 5.36. The Morgan fingerprint density at radius 1 is 1.16 bits per heavy atom. The van der Waals surface area contributed by atoms with E-state index in [0.29, 0.717) is 11.8 Å². The summed E-state index contributed by atoms with van der Waals surface area (Å²) in [5.41, 5.74) is 2.50. The van der Waals surface area contributed by atoms with Gasteiger partial charge in [-0.3, -0.25) is 0 Å². The molecule has 0 radical (unpaired) electrons. The third-order valence-corrected chi connectivity index (χ3v) is 3.28. The molecular formula is C15H19N3O. The normalized spacial score (nSPS) is 12.0. The molecule has 19 heavy (non-hydrogen) atoms. The number of aryl methyl sites for hydroxylation is 1. The predicted molar refractivity (Wildman–Crippen MR) is 76.6 cm³/mol. The molecular weight excluding hydrogens is 238 g/mol. The highest BCUT2D eigenvalue weighted by Gasteiger charge is 2.14. The van der Waals surface area contributed by atoms with Crippen LogP contribution in [0.4, 0.5) is 5.95 Å². The number of benzene rings is 1. The summed E-state index contributed by atoms with van der Waals surface area (Å²) in [6.45, 7) is 4.22. The van der Waals surface area contributed by atoms with Crippen LogP contribution >= 0.6 is 0 Å². The van der Waals surface area contributed by atoms with E-state index in [4.69, 9.17) is 4.74 Å². The summed E-state index contributed by atoms with van der Waals surface area (Å²) in [7, 11) is 3.59. The summed E-state index contributed by atoms with van der Waals surface area (Å²) < 4.78 is 5.13. The van der Waals surface area contributed by atoms with Gasteiger partial charge < -0.3 is 9.64 Å². The molecule has 2 rings (SSSR count). The summed E-state index contributed by atoms with van der Waals surface area (Å²) in [4.78, 5) is 10.7. The van der Waals surface area contributed by atoms with Crippen molar-refractivity contribution in [2.24, 2.45) is 0 Å². The van der Waals surface area contributed by atoms with Gasteiger partial charge in [0.15, 0.2) is 0 Å². The van der Waals surface area contributed by atoms with E-state index in [1.807, 2.05) is 11.9 Å². The topological polar surface area (TPSA) is 38.2 Å². The van der Waals surface area contributed by atoms with E-state index in [-0.39, 0.29) is 6.04 Å². The molecule has 0 aliphatic rings. The van der Waals surface area contributed by atoms with Crippen molar-refractivity contribution in [2.75, 3.05) is 19.1 Å². The summed E-state index contributed by atoms with van der Waals surface area (Å²) in [6.07, 6.45) is 1.71. The van der Waals surface area contributed by atoms with Crippen molar-refractivity contribution in [3.63, 3.8) is 0 Å². The summed E-state index contributed by atoms with van der Waals surface area (Å²) in [5, 5.41) is 0. The molecule has 2 aromatic rings. The maximum Gasteiger partial charge on any atom is 0.228 e. The number of methoxy groups -OCH3 is 1. The van der Waals surface area contributed by atoms with Crippen LogP contribution < -0.4 is 9.64 Å². The lowest BCUT2D eigenvalue weighted by Gasteiger charge is -2.25. The molecule has 0 saturated heterocycles. The maximum atomic E-state index is 5.13. The van der Waals surface area contributed by atoms with Crippen LogP contribution in [0.25, 0.3) is 0 Å². The SMILES string of the molecule is COc1ccnc(N(C)C(C)c2ccc(C)cc2)n1. The minimum absolute atomic E-state index is 0.202. The predicted octanol–water partition coefficient (Wildman–Crippen LogP) is 2.99. The lowest BCUT2D eigenvalue weighted by atomic mass is 10.1. The number of hydrogen-bond acceptors (Lipinski definition) is 4. The Balaban J connectivity index is 2.22. The van der Waals surface area contributed by atoms with Gasteiger partial charge in [0, 0.05) is 19.3 Å². The molecule has 1 aromatic carbocycles. The smallest absolute Gasteiger partial charge is 0.228 e. The quantitative estimate of drug-likeness (QED) is 0.844. The summed E-state index contributed by atoms with van der Waals surface area (Å²) in [6, 6.07) is 10.5. The minimum atomic E-state index is 0.202. The van der Waals surface area contributed by atoms with E-state index in [1.54, 1.807) is 19.4 Å². The third kappa shape index (κ3) is 3.02. The van der Waals surface area contributed by atoms with Crippen LogP contribution in [0.3, 0.4) is 0 Å². The van der Waals surface area contributed by atoms with E-state index < -0.39 is 0 Å². The second kappa shape index (κ2) is 5.69. The van der Waals surface area contributed by atoms with E-state index in [1.165, 1.54) is 11.1 Å². The number of ether oxygens (including phenoxy) is 1. The van der Waals surface area contributed by atoms with Crippen molar-refractivity contribution in [1.29, 1.82) is 0 Å². The van der Waals surface area contributed by atoms with Crippen molar-refractivity contribution in [1.82, 2.24) is 9.97 Å². The Hall–Kier alpha value is -2.10. The molecule has 1 heterocycles. The molecule has 1 aromatic heterocycles. The van der Waals surface area contributed by atoms with Gasteiger partial charge in [-0.1, -0.05) is 29.8 Å². The fourth-order valence-electron chi connectivity index (χ4n) is 1.86. The van der Waals surface area contributed by atoms with Crippen molar-refractivity contribution in [2.45, 2.75) is 19.9 Å². The molecule has 0 amide bonds. The number of nitrogens with zero attached hydrogens (tertiary/aromatic N) is 3. The number of aromatic nitrogens is 2. The van der Waals surface area contributed by atoms with Crippen LogP contribution in [0.2, 0.25) is 0 Å². The fourth-order valence-corrected chi connectivity index (χ4v) is 1.86. The van der Waals surface area contributed by atoms with Crippen molar-refractivity contribution in [3.8, 4) is 5.88 Å². The maximum absolute atomic E-state index is 5.13. The Bertz CT molecular complexity index is 539. The lowest BCUT2D eigenvalue weighted by Crippen LogP contribution is -2.23. The third-order valence-electron chi connectivity index (χ3n) is 3.28. The average Bonchev–Trinajstić information content (AvgIpc) is 2.46. The molecule has 4 heteroatoms. The largest absolute Gasteiger partial charge is 0.481 e. The zero-order chi connectivity index (χ0) is 13.8. The molecule has 0 aliphatic heterocycles.